The lowest BCUT2D eigenvalue weighted by atomic mass is 9.95. The predicted molar refractivity (Wildman–Crippen MR) is 77.0 cm³/mol. The first-order valence-corrected chi connectivity index (χ1v) is 6.77. The zero-order valence-electron chi connectivity index (χ0n) is 11.0. The van der Waals surface area contributed by atoms with Gasteiger partial charge < -0.3 is 5.32 Å². The molecule has 3 heteroatoms. The summed E-state index contributed by atoms with van der Waals surface area (Å²) in [4.78, 5) is 0. The Morgan fingerprint density at radius 3 is 2.29 bits per heavy atom. The van der Waals surface area contributed by atoms with E-state index < -0.39 is 0 Å². The molecule has 0 aliphatic carbocycles. The topological polar surface area (TPSA) is 12.0 Å². The Morgan fingerprint density at radius 2 is 1.82 bits per heavy atom. The van der Waals surface area contributed by atoms with Crippen LogP contribution >= 0.6 is 23.2 Å². The molecule has 0 radical (unpaired) electrons. The van der Waals surface area contributed by atoms with Gasteiger partial charge >= 0.3 is 0 Å². The largest absolute Gasteiger partial charge is 0.309 e. The highest BCUT2D eigenvalue weighted by Gasteiger charge is 2.15. The van der Waals surface area contributed by atoms with Crippen molar-refractivity contribution in [2.45, 2.75) is 40.2 Å². The van der Waals surface area contributed by atoms with Crippen molar-refractivity contribution in [3.8, 4) is 0 Å². The van der Waals surface area contributed by atoms with Gasteiger partial charge in [0, 0.05) is 12.6 Å². The molecule has 96 valence electrons. The minimum absolute atomic E-state index is 0.281. The molecule has 0 fully saturated rings. The fraction of sp³-hybridized carbons (Fsp3) is 0.571. The third kappa shape index (κ3) is 4.87. The summed E-state index contributed by atoms with van der Waals surface area (Å²) in [6, 6.07) is 6.19. The molecular weight excluding hydrogens is 253 g/mol. The van der Waals surface area contributed by atoms with Crippen LogP contribution in [0.1, 0.15) is 45.7 Å². The van der Waals surface area contributed by atoms with Crippen LogP contribution in [0.2, 0.25) is 10.0 Å². The summed E-state index contributed by atoms with van der Waals surface area (Å²) in [6.07, 6.45) is 1.04. The van der Waals surface area contributed by atoms with Gasteiger partial charge in [-0.25, -0.2) is 0 Å². The number of halogens is 2. The van der Waals surface area contributed by atoms with Crippen molar-refractivity contribution < 1.29 is 0 Å². The highest BCUT2D eigenvalue weighted by molar-refractivity contribution is 6.42. The van der Waals surface area contributed by atoms with Crippen molar-refractivity contribution in [1.82, 2.24) is 5.32 Å². The van der Waals surface area contributed by atoms with Gasteiger partial charge in [-0.2, -0.15) is 0 Å². The quantitative estimate of drug-likeness (QED) is 0.807. The lowest BCUT2D eigenvalue weighted by Gasteiger charge is -2.24. The van der Waals surface area contributed by atoms with Gasteiger partial charge in [0.1, 0.15) is 0 Å². The number of benzene rings is 1. The van der Waals surface area contributed by atoms with Crippen LogP contribution in [-0.4, -0.2) is 6.54 Å². The van der Waals surface area contributed by atoms with E-state index in [1.165, 1.54) is 5.56 Å². The Kier molecular flexibility index (Phi) is 5.30. The van der Waals surface area contributed by atoms with Crippen LogP contribution in [0.5, 0.6) is 0 Å². The standard InChI is InChI=1S/C14H21Cl2N/c1-5-13(17-9-14(2,3)4)10-6-7-11(15)12(16)8-10/h6-8,13,17H,5,9H2,1-4H3. The zero-order chi connectivity index (χ0) is 13.1. The van der Waals surface area contributed by atoms with Crippen LogP contribution in [0.4, 0.5) is 0 Å². The molecule has 0 aliphatic rings. The van der Waals surface area contributed by atoms with Crippen molar-refractivity contribution in [2.24, 2.45) is 5.41 Å². The van der Waals surface area contributed by atoms with Crippen LogP contribution in [0.3, 0.4) is 0 Å². The van der Waals surface area contributed by atoms with Gasteiger partial charge in [-0.15, -0.1) is 0 Å². The van der Waals surface area contributed by atoms with E-state index in [0.717, 1.165) is 13.0 Å². The first-order valence-electron chi connectivity index (χ1n) is 6.02. The van der Waals surface area contributed by atoms with Crippen molar-refractivity contribution in [3.63, 3.8) is 0 Å². The van der Waals surface area contributed by atoms with Gasteiger partial charge in [0.2, 0.25) is 0 Å². The van der Waals surface area contributed by atoms with Gasteiger partial charge in [0.05, 0.1) is 10.0 Å². The second-order valence-corrected chi connectivity index (χ2v) is 6.39. The Labute approximate surface area is 115 Å². The molecule has 1 aromatic rings. The monoisotopic (exact) mass is 273 g/mol. The number of hydrogen-bond donors (Lipinski definition) is 1. The summed E-state index contributed by atoms with van der Waals surface area (Å²) in [5.74, 6) is 0. The van der Waals surface area contributed by atoms with Gasteiger partial charge in [-0.3, -0.25) is 0 Å². The van der Waals surface area contributed by atoms with Gasteiger partial charge in [-0.1, -0.05) is 57.0 Å². The van der Waals surface area contributed by atoms with E-state index in [1.54, 1.807) is 0 Å². The van der Waals surface area contributed by atoms with Crippen molar-refractivity contribution in [1.29, 1.82) is 0 Å². The predicted octanol–water partition coefficient (Wildman–Crippen LogP) is 5.08. The van der Waals surface area contributed by atoms with E-state index in [2.05, 4.69) is 33.0 Å². The zero-order valence-corrected chi connectivity index (χ0v) is 12.5. The maximum absolute atomic E-state index is 6.05. The van der Waals surface area contributed by atoms with Gasteiger partial charge in [0.15, 0.2) is 0 Å². The molecule has 0 bridgehead atoms. The molecule has 1 nitrogen and oxygen atoms in total. The Morgan fingerprint density at radius 1 is 1.18 bits per heavy atom. The van der Waals surface area contributed by atoms with Crippen LogP contribution < -0.4 is 5.32 Å². The molecule has 17 heavy (non-hydrogen) atoms. The molecule has 0 aliphatic heterocycles. The minimum atomic E-state index is 0.281. The average Bonchev–Trinajstić information content (AvgIpc) is 2.22. The minimum Gasteiger partial charge on any atom is -0.309 e. The SMILES string of the molecule is CCC(NCC(C)(C)C)c1ccc(Cl)c(Cl)c1. The third-order valence-corrected chi connectivity index (χ3v) is 3.37. The number of nitrogens with one attached hydrogen (secondary N) is 1. The number of rotatable bonds is 4. The van der Waals surface area contributed by atoms with Crippen LogP contribution in [0.15, 0.2) is 18.2 Å². The van der Waals surface area contributed by atoms with Crippen molar-refractivity contribution in [2.75, 3.05) is 6.54 Å². The fourth-order valence-electron chi connectivity index (χ4n) is 1.66. The second kappa shape index (κ2) is 6.08. The molecule has 0 saturated carbocycles. The summed E-state index contributed by atoms with van der Waals surface area (Å²) in [6.45, 7) is 9.82. The van der Waals surface area contributed by atoms with E-state index in [9.17, 15) is 0 Å². The highest BCUT2D eigenvalue weighted by atomic mass is 35.5. The first-order chi connectivity index (χ1) is 7.83. The smallest absolute Gasteiger partial charge is 0.0595 e. The average molecular weight is 274 g/mol. The summed E-state index contributed by atoms with van der Waals surface area (Å²) in [5, 5.41) is 4.81. The molecule has 0 saturated heterocycles. The van der Waals surface area contributed by atoms with Crippen LogP contribution in [0, 0.1) is 5.41 Å². The van der Waals surface area contributed by atoms with Crippen molar-refractivity contribution in [3.05, 3.63) is 33.8 Å². The Bertz CT molecular complexity index is 369. The molecule has 0 spiro atoms. The van der Waals surface area contributed by atoms with E-state index >= 15 is 0 Å². The lowest BCUT2D eigenvalue weighted by Crippen LogP contribution is -2.30. The van der Waals surface area contributed by atoms with E-state index in [4.69, 9.17) is 23.2 Å². The lowest BCUT2D eigenvalue weighted by molar-refractivity contribution is 0.349. The molecule has 0 heterocycles. The van der Waals surface area contributed by atoms with Crippen LogP contribution in [-0.2, 0) is 0 Å². The molecule has 0 amide bonds. The van der Waals surface area contributed by atoms with Crippen LogP contribution in [0.25, 0.3) is 0 Å². The molecule has 1 rings (SSSR count). The molecule has 1 N–H and O–H groups in total. The maximum Gasteiger partial charge on any atom is 0.0595 e. The summed E-state index contributed by atoms with van der Waals surface area (Å²) < 4.78 is 0. The van der Waals surface area contributed by atoms with Crippen molar-refractivity contribution >= 4 is 23.2 Å². The van der Waals surface area contributed by atoms with Gasteiger partial charge in [-0.05, 0) is 29.5 Å². The second-order valence-electron chi connectivity index (χ2n) is 5.58. The van der Waals surface area contributed by atoms with E-state index in [-0.39, 0.29) is 5.41 Å². The Hall–Kier alpha value is -0.240. The molecule has 1 aromatic carbocycles. The molecule has 1 atom stereocenters. The van der Waals surface area contributed by atoms with E-state index in [1.807, 2.05) is 18.2 Å². The molecular formula is C14H21Cl2N. The Balaban J connectivity index is 2.76. The summed E-state index contributed by atoms with van der Waals surface area (Å²) in [5.41, 5.74) is 1.48. The molecule has 1 unspecified atom stereocenters. The van der Waals surface area contributed by atoms with Gasteiger partial charge in [0.25, 0.3) is 0 Å². The normalized spacial score (nSPS) is 13.8. The summed E-state index contributed by atoms with van der Waals surface area (Å²) in [7, 11) is 0. The fourth-order valence-corrected chi connectivity index (χ4v) is 1.96. The third-order valence-electron chi connectivity index (χ3n) is 2.63. The maximum atomic E-state index is 6.05. The highest BCUT2D eigenvalue weighted by Crippen LogP contribution is 2.27. The molecule has 0 aromatic heterocycles. The summed E-state index contributed by atoms with van der Waals surface area (Å²) >= 11 is 12.0. The van der Waals surface area contributed by atoms with E-state index in [0.29, 0.717) is 16.1 Å². The first kappa shape index (κ1) is 14.8. The number of hydrogen-bond acceptors (Lipinski definition) is 1.